The number of nitrogens with zero attached hydrogens (tertiary/aromatic N) is 1. The number of hydrogen-bond donors (Lipinski definition) is 2. The molecular weight excluding hydrogens is 354 g/mol. The predicted octanol–water partition coefficient (Wildman–Crippen LogP) is 3.05. The van der Waals surface area contributed by atoms with Crippen LogP contribution in [0.1, 0.15) is 47.7 Å². The number of carbonyl (C=O) groups is 3. The first kappa shape index (κ1) is 18.2. The van der Waals surface area contributed by atoms with Crippen LogP contribution in [0.5, 0.6) is 0 Å². The van der Waals surface area contributed by atoms with Crippen molar-refractivity contribution in [1.29, 1.82) is 0 Å². The molecule has 1 unspecified atom stereocenters. The lowest BCUT2D eigenvalue weighted by Crippen LogP contribution is -2.28. The Morgan fingerprint density at radius 3 is 2.79 bits per heavy atom. The van der Waals surface area contributed by atoms with Crippen molar-refractivity contribution in [3.8, 4) is 0 Å². The summed E-state index contributed by atoms with van der Waals surface area (Å²) in [5.41, 5.74) is 4.09. The standard InChI is InChI=1S/C22H23N3O3/c1-13(2)14-4-3-5-18(8-14)25-12-16(9-20(25)26)21(27)24-17-7-6-15-11-23-22(28)19(15)10-17/h3-8,10,13,16H,9,11-12H2,1-2H3,(H,23,28)(H,24,27). The number of carbonyl (C=O) groups excluding carboxylic acids is 3. The molecule has 0 bridgehead atoms. The fourth-order valence-corrected chi connectivity index (χ4v) is 3.72. The van der Waals surface area contributed by atoms with Crippen LogP contribution in [0.4, 0.5) is 11.4 Å². The molecule has 0 aliphatic carbocycles. The third-order valence-electron chi connectivity index (χ3n) is 5.41. The Hall–Kier alpha value is -3.15. The maximum atomic E-state index is 12.7. The molecule has 1 atom stereocenters. The minimum atomic E-state index is -0.419. The third-order valence-corrected chi connectivity index (χ3v) is 5.41. The number of amides is 3. The monoisotopic (exact) mass is 377 g/mol. The summed E-state index contributed by atoms with van der Waals surface area (Å²) in [6.07, 6.45) is 0.184. The second-order valence-corrected chi connectivity index (χ2v) is 7.70. The van der Waals surface area contributed by atoms with Gasteiger partial charge in [-0.3, -0.25) is 14.4 Å². The molecule has 0 saturated carbocycles. The lowest BCUT2D eigenvalue weighted by molar-refractivity contribution is -0.122. The van der Waals surface area contributed by atoms with Crippen LogP contribution < -0.4 is 15.5 Å². The third kappa shape index (κ3) is 3.38. The molecule has 3 amide bonds. The summed E-state index contributed by atoms with van der Waals surface area (Å²) < 4.78 is 0. The molecule has 144 valence electrons. The molecule has 2 aliphatic rings. The highest BCUT2D eigenvalue weighted by Crippen LogP contribution is 2.29. The average molecular weight is 377 g/mol. The minimum Gasteiger partial charge on any atom is -0.348 e. The van der Waals surface area contributed by atoms with Gasteiger partial charge in [0.2, 0.25) is 11.8 Å². The van der Waals surface area contributed by atoms with E-state index in [1.807, 2.05) is 30.3 Å². The zero-order chi connectivity index (χ0) is 19.8. The van der Waals surface area contributed by atoms with Crippen molar-refractivity contribution in [1.82, 2.24) is 5.32 Å². The zero-order valence-corrected chi connectivity index (χ0v) is 16.0. The molecule has 6 nitrogen and oxygen atoms in total. The van der Waals surface area contributed by atoms with Gasteiger partial charge in [-0.15, -0.1) is 0 Å². The van der Waals surface area contributed by atoms with E-state index in [1.165, 1.54) is 0 Å². The van der Waals surface area contributed by atoms with Crippen molar-refractivity contribution in [2.45, 2.75) is 32.7 Å². The zero-order valence-electron chi connectivity index (χ0n) is 16.0. The summed E-state index contributed by atoms with van der Waals surface area (Å²) in [6, 6.07) is 13.2. The molecule has 0 aromatic heterocycles. The molecule has 2 aromatic rings. The topological polar surface area (TPSA) is 78.5 Å². The number of nitrogens with one attached hydrogen (secondary N) is 2. The Kier molecular flexibility index (Phi) is 4.63. The number of fused-ring (bicyclic) bond motifs is 1. The normalized spacial score (nSPS) is 18.4. The summed E-state index contributed by atoms with van der Waals surface area (Å²) in [4.78, 5) is 38.7. The van der Waals surface area contributed by atoms with Gasteiger partial charge in [-0.05, 0) is 41.3 Å². The van der Waals surface area contributed by atoms with Crippen LogP contribution in [0.15, 0.2) is 42.5 Å². The molecule has 2 heterocycles. The maximum Gasteiger partial charge on any atom is 0.251 e. The number of rotatable bonds is 4. The number of hydrogen-bond acceptors (Lipinski definition) is 3. The number of benzene rings is 2. The van der Waals surface area contributed by atoms with Gasteiger partial charge >= 0.3 is 0 Å². The van der Waals surface area contributed by atoms with E-state index in [4.69, 9.17) is 0 Å². The van der Waals surface area contributed by atoms with Crippen LogP contribution in [-0.2, 0) is 16.1 Å². The summed E-state index contributed by atoms with van der Waals surface area (Å²) >= 11 is 0. The van der Waals surface area contributed by atoms with E-state index in [2.05, 4.69) is 24.5 Å². The Balaban J connectivity index is 1.47. The van der Waals surface area contributed by atoms with Crippen LogP contribution in [-0.4, -0.2) is 24.3 Å². The summed E-state index contributed by atoms with van der Waals surface area (Å²) in [6.45, 7) is 5.09. The highest BCUT2D eigenvalue weighted by Gasteiger charge is 2.35. The minimum absolute atomic E-state index is 0.0469. The van der Waals surface area contributed by atoms with E-state index in [-0.39, 0.29) is 24.1 Å². The molecule has 2 aliphatic heterocycles. The van der Waals surface area contributed by atoms with Crippen molar-refractivity contribution < 1.29 is 14.4 Å². The first-order valence-electron chi connectivity index (χ1n) is 9.54. The van der Waals surface area contributed by atoms with Crippen LogP contribution in [0.3, 0.4) is 0 Å². The van der Waals surface area contributed by atoms with Gasteiger partial charge in [0.1, 0.15) is 0 Å². The highest BCUT2D eigenvalue weighted by molar-refractivity contribution is 6.04. The van der Waals surface area contributed by atoms with Crippen molar-refractivity contribution in [3.05, 3.63) is 59.2 Å². The Bertz CT molecular complexity index is 967. The van der Waals surface area contributed by atoms with E-state index in [9.17, 15) is 14.4 Å². The first-order valence-corrected chi connectivity index (χ1v) is 9.54. The average Bonchev–Trinajstić information content (AvgIpc) is 3.25. The van der Waals surface area contributed by atoms with Crippen LogP contribution >= 0.6 is 0 Å². The van der Waals surface area contributed by atoms with E-state index >= 15 is 0 Å². The lowest BCUT2D eigenvalue weighted by atomic mass is 10.0. The van der Waals surface area contributed by atoms with Crippen LogP contribution in [0, 0.1) is 5.92 Å². The maximum absolute atomic E-state index is 12.7. The SMILES string of the molecule is CC(C)c1cccc(N2CC(C(=O)Nc3ccc4c(c3)C(=O)NC4)CC2=O)c1. The summed E-state index contributed by atoms with van der Waals surface area (Å²) in [5, 5.41) is 5.62. The van der Waals surface area contributed by atoms with Crippen LogP contribution in [0.2, 0.25) is 0 Å². The van der Waals surface area contributed by atoms with Crippen LogP contribution in [0.25, 0.3) is 0 Å². The number of anilines is 2. The molecule has 6 heteroatoms. The van der Waals surface area contributed by atoms with Gasteiger partial charge in [0.15, 0.2) is 0 Å². The highest BCUT2D eigenvalue weighted by atomic mass is 16.2. The van der Waals surface area contributed by atoms with Gasteiger partial charge in [-0.1, -0.05) is 32.0 Å². The van der Waals surface area contributed by atoms with E-state index in [0.29, 0.717) is 30.3 Å². The molecule has 4 rings (SSSR count). The van der Waals surface area contributed by atoms with Crippen molar-refractivity contribution >= 4 is 29.1 Å². The molecule has 1 saturated heterocycles. The van der Waals surface area contributed by atoms with Crippen molar-refractivity contribution in [2.75, 3.05) is 16.8 Å². The lowest BCUT2D eigenvalue weighted by Gasteiger charge is -2.18. The second kappa shape index (κ2) is 7.11. The van der Waals surface area contributed by atoms with Gasteiger partial charge in [-0.25, -0.2) is 0 Å². The molecule has 0 radical (unpaired) electrons. The van der Waals surface area contributed by atoms with Gasteiger partial charge < -0.3 is 15.5 Å². The largest absolute Gasteiger partial charge is 0.348 e. The Morgan fingerprint density at radius 1 is 1.18 bits per heavy atom. The predicted molar refractivity (Wildman–Crippen MR) is 107 cm³/mol. The molecule has 2 aromatic carbocycles. The van der Waals surface area contributed by atoms with E-state index < -0.39 is 5.92 Å². The summed E-state index contributed by atoms with van der Waals surface area (Å²) in [7, 11) is 0. The first-order chi connectivity index (χ1) is 13.4. The smallest absolute Gasteiger partial charge is 0.251 e. The second-order valence-electron chi connectivity index (χ2n) is 7.70. The molecular formula is C22H23N3O3. The molecule has 28 heavy (non-hydrogen) atoms. The van der Waals surface area contributed by atoms with Gasteiger partial charge in [0.05, 0.1) is 5.92 Å². The van der Waals surface area contributed by atoms with Gasteiger partial charge in [-0.2, -0.15) is 0 Å². The van der Waals surface area contributed by atoms with Gasteiger partial charge in [0, 0.05) is 36.4 Å². The van der Waals surface area contributed by atoms with Crippen molar-refractivity contribution in [2.24, 2.45) is 5.92 Å². The molecule has 2 N–H and O–H groups in total. The molecule has 1 fully saturated rings. The molecule has 0 spiro atoms. The van der Waals surface area contributed by atoms with E-state index in [1.54, 1.807) is 17.0 Å². The Labute approximate surface area is 163 Å². The Morgan fingerprint density at radius 2 is 2.00 bits per heavy atom. The summed E-state index contributed by atoms with van der Waals surface area (Å²) in [5.74, 6) is -0.423. The quantitative estimate of drug-likeness (QED) is 0.860. The van der Waals surface area contributed by atoms with E-state index in [0.717, 1.165) is 16.8 Å². The fraction of sp³-hybridized carbons (Fsp3) is 0.318. The van der Waals surface area contributed by atoms with Gasteiger partial charge in [0.25, 0.3) is 5.91 Å². The van der Waals surface area contributed by atoms with Crippen molar-refractivity contribution in [3.63, 3.8) is 0 Å². The fourth-order valence-electron chi connectivity index (χ4n) is 3.72.